The molecule has 3 heterocycles. The van der Waals surface area contributed by atoms with Gasteiger partial charge < -0.3 is 9.80 Å². The van der Waals surface area contributed by atoms with Gasteiger partial charge in [-0.25, -0.2) is 12.8 Å². The van der Waals surface area contributed by atoms with Crippen molar-refractivity contribution in [1.29, 1.82) is 0 Å². The molecule has 11 heteroatoms. The molecule has 0 radical (unpaired) electrons. The summed E-state index contributed by atoms with van der Waals surface area (Å²) < 4.78 is 49.7. The molecule has 2 aliphatic rings. The molecule has 1 amide bonds. The number of sulfonamides is 1. The van der Waals surface area contributed by atoms with Crippen LogP contribution in [0.3, 0.4) is 0 Å². The maximum Gasteiger partial charge on any atom is 0.245 e. The molecule has 2 saturated heterocycles. The number of piperidine rings is 1. The number of anilines is 1. The molecule has 8 nitrogen and oxygen atoms in total. The summed E-state index contributed by atoms with van der Waals surface area (Å²) in [6.07, 6.45) is 1.31. The predicted molar refractivity (Wildman–Crippen MR) is 124 cm³/mol. The largest absolute Gasteiger partial charge is 0.368 e. The fraction of sp³-hybridized carbons (Fsp3) is 0.409. The van der Waals surface area contributed by atoms with E-state index < -0.39 is 10.0 Å². The highest BCUT2D eigenvalue weighted by Gasteiger charge is 2.36. The van der Waals surface area contributed by atoms with Gasteiger partial charge in [0, 0.05) is 45.0 Å². The lowest BCUT2D eigenvalue weighted by atomic mass is 9.97. The standard InChI is InChI=1S/C22H24FN5O3S2/c23-17-6-8-18(9-7-17)26-11-13-27(14-12-26)22(29)16-3-2-10-28(15-16)33(30,31)20-5-1-4-19-21(20)25-32-24-19/h1,4-9,16H,2-3,10-15H2/t16-/m0/s1. The second-order valence-corrected chi connectivity index (χ2v) is 10.8. The third-order valence-corrected chi connectivity index (χ3v) is 8.82. The molecule has 174 valence electrons. The lowest BCUT2D eigenvalue weighted by Crippen LogP contribution is -2.53. The van der Waals surface area contributed by atoms with E-state index in [1.807, 2.05) is 4.90 Å². The Morgan fingerprint density at radius 2 is 1.76 bits per heavy atom. The third-order valence-electron chi connectivity index (χ3n) is 6.38. The molecular weight excluding hydrogens is 465 g/mol. The number of halogens is 1. The summed E-state index contributed by atoms with van der Waals surface area (Å²) in [6, 6.07) is 11.3. The molecule has 0 bridgehead atoms. The summed E-state index contributed by atoms with van der Waals surface area (Å²) in [7, 11) is -3.78. The Hall–Kier alpha value is -2.63. The van der Waals surface area contributed by atoms with Crippen LogP contribution in [0.2, 0.25) is 0 Å². The Kier molecular flexibility index (Phi) is 6.02. The van der Waals surface area contributed by atoms with Crippen molar-refractivity contribution in [1.82, 2.24) is 18.0 Å². The van der Waals surface area contributed by atoms with Crippen LogP contribution in [0.5, 0.6) is 0 Å². The first-order valence-electron chi connectivity index (χ1n) is 10.9. The smallest absolute Gasteiger partial charge is 0.245 e. The summed E-state index contributed by atoms with van der Waals surface area (Å²) in [5.41, 5.74) is 1.88. The number of aromatic nitrogens is 2. The SMILES string of the molecule is O=C([C@H]1CCCN(S(=O)(=O)c2cccc3nsnc23)C1)N1CCN(c2ccc(F)cc2)CC1. The maximum atomic E-state index is 13.4. The molecule has 3 aromatic rings. The van der Waals surface area contributed by atoms with Crippen LogP contribution >= 0.6 is 11.7 Å². The lowest BCUT2D eigenvalue weighted by molar-refractivity contribution is -0.137. The minimum atomic E-state index is -3.78. The van der Waals surface area contributed by atoms with Gasteiger partial charge in [-0.1, -0.05) is 6.07 Å². The van der Waals surface area contributed by atoms with Crippen LogP contribution in [-0.4, -0.2) is 71.5 Å². The average Bonchev–Trinajstić information content (AvgIpc) is 3.33. The number of amides is 1. The van der Waals surface area contributed by atoms with Gasteiger partial charge in [-0.15, -0.1) is 0 Å². The molecular formula is C22H24FN5O3S2. The van der Waals surface area contributed by atoms with Gasteiger partial charge in [0.1, 0.15) is 21.7 Å². The van der Waals surface area contributed by atoms with Gasteiger partial charge in [-0.3, -0.25) is 4.79 Å². The number of fused-ring (bicyclic) bond motifs is 1. The molecule has 2 aliphatic heterocycles. The highest BCUT2D eigenvalue weighted by molar-refractivity contribution is 7.89. The van der Waals surface area contributed by atoms with Gasteiger partial charge >= 0.3 is 0 Å². The van der Waals surface area contributed by atoms with Gasteiger partial charge in [0.05, 0.1) is 17.6 Å². The quantitative estimate of drug-likeness (QED) is 0.560. The Morgan fingerprint density at radius 3 is 2.52 bits per heavy atom. The maximum absolute atomic E-state index is 13.4. The van der Waals surface area contributed by atoms with Crippen molar-refractivity contribution in [2.45, 2.75) is 17.7 Å². The number of carbonyl (C=O) groups is 1. The fourth-order valence-corrected chi connectivity index (χ4v) is 6.86. The number of hydrogen-bond donors (Lipinski definition) is 0. The molecule has 0 unspecified atom stereocenters. The number of rotatable bonds is 4. The summed E-state index contributed by atoms with van der Waals surface area (Å²) in [6.45, 7) is 2.99. The van der Waals surface area contributed by atoms with E-state index in [2.05, 4.69) is 13.6 Å². The normalized spacial score (nSPS) is 20.3. The number of piperazine rings is 1. The van der Waals surface area contributed by atoms with E-state index >= 15 is 0 Å². The summed E-state index contributed by atoms with van der Waals surface area (Å²) in [4.78, 5) is 17.3. The topological polar surface area (TPSA) is 86.7 Å². The first kappa shape index (κ1) is 22.2. The summed E-state index contributed by atoms with van der Waals surface area (Å²) in [5.74, 6) is -0.632. The van der Waals surface area contributed by atoms with Crippen LogP contribution in [0.25, 0.3) is 11.0 Å². The van der Waals surface area contributed by atoms with E-state index in [0.717, 1.165) is 17.4 Å². The Labute approximate surface area is 196 Å². The van der Waals surface area contributed by atoms with Crippen molar-refractivity contribution in [3.05, 3.63) is 48.3 Å². The van der Waals surface area contributed by atoms with Crippen LogP contribution in [0.15, 0.2) is 47.4 Å². The summed E-state index contributed by atoms with van der Waals surface area (Å²) in [5, 5.41) is 0. The number of benzene rings is 2. The Bertz CT molecular complexity index is 1260. The molecule has 0 saturated carbocycles. The minimum Gasteiger partial charge on any atom is -0.368 e. The number of hydrogen-bond acceptors (Lipinski definition) is 7. The number of carbonyl (C=O) groups excluding carboxylic acids is 1. The van der Waals surface area contributed by atoms with Crippen molar-refractivity contribution in [3.8, 4) is 0 Å². The highest BCUT2D eigenvalue weighted by Crippen LogP contribution is 2.29. The second-order valence-electron chi connectivity index (χ2n) is 8.38. The highest BCUT2D eigenvalue weighted by atomic mass is 32.2. The molecule has 0 N–H and O–H groups in total. The van der Waals surface area contributed by atoms with Crippen molar-refractivity contribution >= 4 is 44.4 Å². The van der Waals surface area contributed by atoms with Crippen molar-refractivity contribution < 1.29 is 17.6 Å². The van der Waals surface area contributed by atoms with Crippen molar-refractivity contribution in [2.75, 3.05) is 44.2 Å². The van der Waals surface area contributed by atoms with Gasteiger partial charge in [-0.2, -0.15) is 13.1 Å². The fourth-order valence-electron chi connectivity index (χ4n) is 4.59. The van der Waals surface area contributed by atoms with Crippen molar-refractivity contribution in [2.24, 2.45) is 5.92 Å². The monoisotopic (exact) mass is 489 g/mol. The number of nitrogens with zero attached hydrogens (tertiary/aromatic N) is 5. The molecule has 1 atom stereocenters. The third kappa shape index (κ3) is 4.32. The zero-order chi connectivity index (χ0) is 23.0. The van der Waals surface area contributed by atoms with E-state index in [9.17, 15) is 17.6 Å². The lowest BCUT2D eigenvalue weighted by Gasteiger charge is -2.39. The minimum absolute atomic E-state index is 0.00203. The molecule has 2 fully saturated rings. The van der Waals surface area contributed by atoms with Gasteiger partial charge in [0.15, 0.2) is 0 Å². The van der Waals surface area contributed by atoms with Gasteiger partial charge in [-0.05, 0) is 49.2 Å². The molecule has 5 rings (SSSR count). The van der Waals surface area contributed by atoms with E-state index in [4.69, 9.17) is 0 Å². The predicted octanol–water partition coefficient (Wildman–Crippen LogP) is 2.58. The van der Waals surface area contributed by atoms with Crippen LogP contribution in [0.1, 0.15) is 12.8 Å². The van der Waals surface area contributed by atoms with E-state index in [1.54, 1.807) is 30.3 Å². The van der Waals surface area contributed by atoms with E-state index in [-0.39, 0.29) is 29.1 Å². The van der Waals surface area contributed by atoms with Gasteiger partial charge in [0.25, 0.3) is 0 Å². The van der Waals surface area contributed by atoms with Crippen LogP contribution in [-0.2, 0) is 14.8 Å². The average molecular weight is 490 g/mol. The van der Waals surface area contributed by atoms with E-state index in [1.165, 1.54) is 16.4 Å². The van der Waals surface area contributed by atoms with Crippen LogP contribution in [0, 0.1) is 11.7 Å². The Balaban J connectivity index is 1.26. The van der Waals surface area contributed by atoms with Crippen molar-refractivity contribution in [3.63, 3.8) is 0 Å². The summed E-state index contributed by atoms with van der Waals surface area (Å²) >= 11 is 0.987. The first-order chi connectivity index (χ1) is 15.9. The zero-order valence-corrected chi connectivity index (χ0v) is 19.6. The van der Waals surface area contributed by atoms with E-state index in [0.29, 0.717) is 56.6 Å². The first-order valence-corrected chi connectivity index (χ1v) is 13.1. The molecule has 2 aromatic carbocycles. The molecule has 1 aromatic heterocycles. The molecule has 0 spiro atoms. The molecule has 0 aliphatic carbocycles. The second kappa shape index (κ2) is 8.96. The van der Waals surface area contributed by atoms with Crippen LogP contribution in [0.4, 0.5) is 10.1 Å². The van der Waals surface area contributed by atoms with Gasteiger partial charge in [0.2, 0.25) is 15.9 Å². The Morgan fingerprint density at radius 1 is 1.00 bits per heavy atom. The zero-order valence-electron chi connectivity index (χ0n) is 17.9. The van der Waals surface area contributed by atoms with Crippen LogP contribution < -0.4 is 4.90 Å². The molecule has 33 heavy (non-hydrogen) atoms.